The minimum Gasteiger partial charge on any atom is -0.338 e. The van der Waals surface area contributed by atoms with E-state index in [0.29, 0.717) is 21.8 Å². The van der Waals surface area contributed by atoms with Gasteiger partial charge < -0.3 is 9.88 Å². The number of carbonyl (C=O) groups excluding carboxylic acids is 1. The van der Waals surface area contributed by atoms with E-state index >= 15 is 0 Å². The molecule has 7 heteroatoms. The summed E-state index contributed by atoms with van der Waals surface area (Å²) in [5.41, 5.74) is 0.521. The van der Waals surface area contributed by atoms with Crippen LogP contribution in [0.5, 0.6) is 0 Å². The zero-order valence-electron chi connectivity index (χ0n) is 12.5. The van der Waals surface area contributed by atoms with E-state index < -0.39 is 0 Å². The number of benzene rings is 1. The molecule has 3 aromatic rings. The van der Waals surface area contributed by atoms with Crippen LogP contribution in [0.25, 0.3) is 10.2 Å². The predicted octanol–water partition coefficient (Wildman–Crippen LogP) is 2.74. The molecular weight excluding hydrogens is 330 g/mol. The number of nitrogens with zero attached hydrogens (tertiary/aromatic N) is 2. The number of aromatic amines is 1. The third-order valence-corrected chi connectivity index (χ3v) is 5.18. The molecule has 23 heavy (non-hydrogen) atoms. The van der Waals surface area contributed by atoms with Crippen molar-refractivity contribution in [1.82, 2.24) is 14.9 Å². The Morgan fingerprint density at radius 2 is 2.09 bits per heavy atom. The third-order valence-electron chi connectivity index (χ3n) is 3.28. The number of thioether (sulfide) groups is 1. The summed E-state index contributed by atoms with van der Waals surface area (Å²) in [7, 11) is 1.71. The van der Waals surface area contributed by atoms with Crippen LogP contribution < -0.4 is 5.56 Å². The molecule has 1 amide bonds. The normalized spacial score (nSPS) is 10.8. The van der Waals surface area contributed by atoms with E-state index in [1.165, 1.54) is 23.1 Å². The maximum Gasteiger partial charge on any atom is 0.268 e. The Morgan fingerprint density at radius 1 is 1.30 bits per heavy atom. The number of carbonyl (C=O) groups is 1. The lowest BCUT2D eigenvalue weighted by molar-refractivity contribution is -0.127. The first-order valence-electron chi connectivity index (χ1n) is 7.01. The Kier molecular flexibility index (Phi) is 4.78. The number of fused-ring (bicyclic) bond motifs is 1. The van der Waals surface area contributed by atoms with Gasteiger partial charge in [-0.1, -0.05) is 18.2 Å². The molecule has 2 heterocycles. The number of amides is 1. The lowest BCUT2D eigenvalue weighted by Crippen LogP contribution is -2.29. The van der Waals surface area contributed by atoms with Gasteiger partial charge >= 0.3 is 0 Å². The fourth-order valence-corrected chi connectivity index (χ4v) is 3.67. The van der Waals surface area contributed by atoms with Gasteiger partial charge in [-0.15, -0.1) is 23.1 Å². The number of thiophene rings is 1. The topological polar surface area (TPSA) is 66.1 Å². The largest absolute Gasteiger partial charge is 0.338 e. The number of aromatic nitrogens is 2. The molecule has 0 aliphatic carbocycles. The summed E-state index contributed by atoms with van der Waals surface area (Å²) >= 11 is 2.86. The molecule has 0 radical (unpaired) electrons. The average molecular weight is 345 g/mol. The van der Waals surface area contributed by atoms with Gasteiger partial charge in [-0.3, -0.25) is 9.59 Å². The lowest BCUT2D eigenvalue weighted by Gasteiger charge is -2.16. The van der Waals surface area contributed by atoms with Gasteiger partial charge in [0.15, 0.2) is 0 Å². The minimum atomic E-state index is -0.153. The molecule has 0 atom stereocenters. The van der Waals surface area contributed by atoms with Gasteiger partial charge in [0.25, 0.3) is 5.56 Å². The van der Waals surface area contributed by atoms with E-state index in [2.05, 4.69) is 9.97 Å². The van der Waals surface area contributed by atoms with Gasteiger partial charge in [0.2, 0.25) is 5.91 Å². The molecule has 0 saturated carbocycles. The quantitative estimate of drug-likeness (QED) is 0.722. The van der Waals surface area contributed by atoms with E-state index in [-0.39, 0.29) is 18.0 Å². The van der Waals surface area contributed by atoms with Gasteiger partial charge in [-0.05, 0) is 23.6 Å². The summed E-state index contributed by atoms with van der Waals surface area (Å²) in [4.78, 5) is 33.9. The first-order chi connectivity index (χ1) is 11.1. The van der Waals surface area contributed by atoms with Crippen LogP contribution in [0.2, 0.25) is 0 Å². The zero-order chi connectivity index (χ0) is 16.2. The highest BCUT2D eigenvalue weighted by Gasteiger charge is 2.12. The van der Waals surface area contributed by atoms with Crippen LogP contribution in [-0.4, -0.2) is 33.6 Å². The number of nitrogens with one attached hydrogen (secondary N) is 1. The molecule has 0 saturated heterocycles. The molecule has 0 bridgehead atoms. The zero-order valence-corrected chi connectivity index (χ0v) is 14.1. The van der Waals surface area contributed by atoms with Crippen molar-refractivity contribution in [2.45, 2.75) is 11.4 Å². The first kappa shape index (κ1) is 15.8. The van der Waals surface area contributed by atoms with E-state index in [1.54, 1.807) is 11.9 Å². The van der Waals surface area contributed by atoms with E-state index in [4.69, 9.17) is 0 Å². The summed E-state index contributed by atoms with van der Waals surface area (Å²) in [6.07, 6.45) is 0. The van der Waals surface area contributed by atoms with Crippen LogP contribution in [0.15, 0.2) is 51.5 Å². The maximum absolute atomic E-state index is 12.2. The Balaban J connectivity index is 1.64. The monoisotopic (exact) mass is 345 g/mol. The lowest BCUT2D eigenvalue weighted by atomic mass is 10.4. The molecule has 1 N–H and O–H groups in total. The maximum atomic E-state index is 12.2. The Hall–Kier alpha value is -2.12. The number of hydrogen-bond donors (Lipinski definition) is 1. The fraction of sp³-hybridized carbons (Fsp3) is 0.188. The smallest absolute Gasteiger partial charge is 0.268 e. The van der Waals surface area contributed by atoms with Gasteiger partial charge in [-0.2, -0.15) is 0 Å². The Bertz CT molecular complexity index is 874. The number of hydrogen-bond acceptors (Lipinski definition) is 5. The van der Waals surface area contributed by atoms with Gasteiger partial charge in [0.1, 0.15) is 10.5 Å². The second-order valence-corrected chi connectivity index (χ2v) is 6.96. The van der Waals surface area contributed by atoms with Crippen molar-refractivity contribution in [2.75, 3.05) is 12.8 Å². The van der Waals surface area contributed by atoms with E-state index in [1.807, 2.05) is 41.8 Å². The molecule has 118 valence electrons. The number of rotatable bonds is 5. The number of H-pyrrole nitrogens is 1. The van der Waals surface area contributed by atoms with Crippen LogP contribution in [0.3, 0.4) is 0 Å². The highest BCUT2D eigenvalue weighted by molar-refractivity contribution is 8.00. The molecule has 5 nitrogen and oxygen atoms in total. The minimum absolute atomic E-state index is 0.00748. The van der Waals surface area contributed by atoms with Crippen molar-refractivity contribution in [3.63, 3.8) is 0 Å². The van der Waals surface area contributed by atoms with Crippen molar-refractivity contribution in [3.05, 3.63) is 58.0 Å². The van der Waals surface area contributed by atoms with E-state index in [0.717, 1.165) is 4.90 Å². The summed E-state index contributed by atoms with van der Waals surface area (Å²) in [6, 6.07) is 11.6. The second kappa shape index (κ2) is 6.97. The summed E-state index contributed by atoms with van der Waals surface area (Å²) in [5.74, 6) is 0.846. The van der Waals surface area contributed by atoms with Gasteiger partial charge in [0, 0.05) is 11.9 Å². The van der Waals surface area contributed by atoms with Crippen LogP contribution in [0.4, 0.5) is 0 Å². The Morgan fingerprint density at radius 3 is 2.87 bits per heavy atom. The molecule has 0 spiro atoms. The van der Waals surface area contributed by atoms with Crippen LogP contribution >= 0.6 is 23.1 Å². The molecule has 3 rings (SSSR count). The van der Waals surface area contributed by atoms with Gasteiger partial charge in [0.05, 0.1) is 17.8 Å². The van der Waals surface area contributed by atoms with Gasteiger partial charge in [-0.25, -0.2) is 4.98 Å². The van der Waals surface area contributed by atoms with Crippen molar-refractivity contribution in [3.8, 4) is 0 Å². The average Bonchev–Trinajstić information content (AvgIpc) is 3.02. The standard InChI is InChI=1S/C16H15N3O2S2/c1-19(14(20)10-23-11-5-3-2-4-6-11)9-13-17-12-7-8-22-15(12)16(21)18-13/h2-8H,9-10H2,1H3,(H,17,18,21). The highest BCUT2D eigenvalue weighted by atomic mass is 32.2. The van der Waals surface area contributed by atoms with Crippen LogP contribution in [0.1, 0.15) is 5.82 Å². The van der Waals surface area contributed by atoms with Crippen LogP contribution in [-0.2, 0) is 11.3 Å². The van der Waals surface area contributed by atoms with Crippen molar-refractivity contribution >= 4 is 39.2 Å². The van der Waals surface area contributed by atoms with Crippen LogP contribution in [0, 0.1) is 0 Å². The third kappa shape index (κ3) is 3.80. The van der Waals surface area contributed by atoms with Crippen molar-refractivity contribution < 1.29 is 4.79 Å². The molecule has 2 aromatic heterocycles. The second-order valence-electron chi connectivity index (χ2n) is 5.00. The molecular formula is C16H15N3O2S2. The summed E-state index contributed by atoms with van der Waals surface area (Å²) in [5, 5.41) is 1.84. The molecule has 1 aromatic carbocycles. The summed E-state index contributed by atoms with van der Waals surface area (Å²) in [6.45, 7) is 0.287. The molecule has 0 unspecified atom stereocenters. The summed E-state index contributed by atoms with van der Waals surface area (Å²) < 4.78 is 0.613. The van der Waals surface area contributed by atoms with E-state index in [9.17, 15) is 9.59 Å². The fourth-order valence-electron chi connectivity index (χ4n) is 2.08. The predicted molar refractivity (Wildman–Crippen MR) is 93.9 cm³/mol. The molecule has 0 fully saturated rings. The molecule has 0 aliphatic heterocycles. The van der Waals surface area contributed by atoms with Crippen molar-refractivity contribution in [1.29, 1.82) is 0 Å². The highest BCUT2D eigenvalue weighted by Crippen LogP contribution is 2.18. The molecule has 0 aliphatic rings. The first-order valence-corrected chi connectivity index (χ1v) is 8.88. The Labute approximate surface area is 141 Å². The van der Waals surface area contributed by atoms with Crippen molar-refractivity contribution in [2.24, 2.45) is 0 Å². The SMILES string of the molecule is CN(Cc1nc2ccsc2c(=O)[nH]1)C(=O)CSc1ccccc1.